The van der Waals surface area contributed by atoms with Crippen LogP contribution in [0.2, 0.25) is 0 Å². The predicted octanol–water partition coefficient (Wildman–Crippen LogP) is 10.3. The Labute approximate surface area is 450 Å². The van der Waals surface area contributed by atoms with Crippen molar-refractivity contribution < 1.29 is 66.5 Å². The van der Waals surface area contributed by atoms with Crippen LogP contribution in [0.3, 0.4) is 0 Å². The van der Waals surface area contributed by atoms with Gasteiger partial charge in [0.05, 0.1) is 52.8 Å². The molecule has 0 aliphatic heterocycles. The van der Waals surface area contributed by atoms with E-state index in [9.17, 15) is 52.4 Å². The molecule has 0 saturated heterocycles. The van der Waals surface area contributed by atoms with Crippen LogP contribution in [0.1, 0.15) is 34.2 Å². The summed E-state index contributed by atoms with van der Waals surface area (Å²) >= 11 is 0. The number of hydrogen-bond acceptors (Lipinski definition) is 21. The van der Waals surface area contributed by atoms with Crippen molar-refractivity contribution in [3.8, 4) is 11.5 Å². The molecule has 0 saturated carbocycles. The van der Waals surface area contributed by atoms with Crippen LogP contribution >= 0.6 is 0 Å². The Morgan fingerprint density at radius 1 is 0.577 bits per heavy atom. The van der Waals surface area contributed by atoms with E-state index in [1.807, 2.05) is 32.9 Å². The Morgan fingerprint density at radius 2 is 1.09 bits per heavy atom. The van der Waals surface area contributed by atoms with E-state index in [1.54, 1.807) is 44.2 Å². The van der Waals surface area contributed by atoms with Crippen LogP contribution in [0, 0.1) is 34.6 Å². The molecule has 0 aliphatic rings. The molecule has 6 aromatic carbocycles. The summed E-state index contributed by atoms with van der Waals surface area (Å²) in [5.41, 5.74) is 29.8. The van der Waals surface area contributed by atoms with Crippen LogP contribution in [-0.2, 0) is 45.2 Å². The van der Waals surface area contributed by atoms with Gasteiger partial charge in [0.15, 0.2) is 0 Å². The zero-order valence-corrected chi connectivity index (χ0v) is 45.9. The first kappa shape index (κ1) is 62.4. The van der Waals surface area contributed by atoms with Crippen LogP contribution in [0.25, 0.3) is 10.8 Å². The molecule has 29 heteroatoms. The molecule has 0 aromatic heterocycles. The molecular weight excluding hydrogens is 1100 g/mol. The number of nitrogens with two attached hydrogens (primary N) is 4. The van der Waals surface area contributed by atoms with Crippen molar-refractivity contribution in [1.82, 2.24) is 0 Å². The number of phenols is 1. The maximum Gasteiger partial charge on any atom is 0.296 e. The lowest BCUT2D eigenvalue weighted by Crippen LogP contribution is -2.08. The number of fused-ring (bicyclic) bond motifs is 1. The fraction of sp³-hybridized carbons (Fsp3) is 0.184. The summed E-state index contributed by atoms with van der Waals surface area (Å²) < 4.78 is 139. The van der Waals surface area contributed by atoms with Gasteiger partial charge in [-0.05, 0) is 159 Å². The maximum absolute atomic E-state index is 11.8. The summed E-state index contributed by atoms with van der Waals surface area (Å²) in [5.74, 6) is -0.471. The number of aryl methyl sites for hydroxylation is 5. The molecule has 0 spiro atoms. The number of nitrogens with zero attached hydrogens (tertiary/aromatic N) is 6. The van der Waals surface area contributed by atoms with Gasteiger partial charge in [-0.1, -0.05) is 13.2 Å². The van der Waals surface area contributed by atoms with Crippen LogP contribution in [0.4, 0.5) is 51.2 Å². The minimum absolute atomic E-state index is 0.0613. The fourth-order valence-electron chi connectivity index (χ4n) is 6.39. The normalized spacial score (nSPS) is 12.2. The number of nitrogen functional groups attached to an aromatic ring is 4. The van der Waals surface area contributed by atoms with Crippen LogP contribution < -0.4 is 27.7 Å². The molecule has 13 N–H and O–H groups in total. The van der Waals surface area contributed by atoms with Gasteiger partial charge in [-0.25, -0.2) is 0 Å². The zero-order chi connectivity index (χ0) is 58.7. The molecule has 6 aromatic rings. The molecule has 416 valence electrons. The van der Waals surface area contributed by atoms with Crippen molar-refractivity contribution in [3.05, 3.63) is 143 Å². The van der Waals surface area contributed by atoms with Gasteiger partial charge in [0.25, 0.3) is 40.5 Å². The summed E-state index contributed by atoms with van der Waals surface area (Å²) in [6.07, 6.45) is 3.06. The van der Waals surface area contributed by atoms with Crippen LogP contribution in [0.15, 0.2) is 161 Å². The van der Waals surface area contributed by atoms with Crippen LogP contribution in [0.5, 0.6) is 11.5 Å². The minimum atomic E-state index is -4.97. The number of benzene rings is 6. The summed E-state index contributed by atoms with van der Waals surface area (Å²) in [5, 5.41) is 34.9. The number of ether oxygens (including phenoxy) is 2. The maximum atomic E-state index is 11.8. The first-order chi connectivity index (χ1) is 36.1. The number of hydrogen-bond donors (Lipinski definition) is 9. The Morgan fingerprint density at radius 3 is 1.64 bits per heavy atom. The molecule has 0 fully saturated rings. The highest BCUT2D eigenvalue weighted by Crippen LogP contribution is 2.40. The predicted molar refractivity (Wildman–Crippen MR) is 296 cm³/mol. The smallest absolute Gasteiger partial charge is 0.296 e. The van der Waals surface area contributed by atoms with E-state index in [0.29, 0.717) is 50.9 Å². The second-order valence-electron chi connectivity index (χ2n) is 16.8. The minimum Gasteiger partial charge on any atom is -0.505 e. The first-order valence-corrected chi connectivity index (χ1v) is 28.2. The van der Waals surface area contributed by atoms with Crippen molar-refractivity contribution in [2.45, 2.75) is 55.7 Å². The molecule has 78 heavy (non-hydrogen) atoms. The summed E-state index contributed by atoms with van der Waals surface area (Å²) in [4.78, 5) is -2.28. The van der Waals surface area contributed by atoms with Crippen molar-refractivity contribution in [1.29, 1.82) is 0 Å². The number of allylic oxidation sites excluding steroid dienone is 2. The average molecular weight is 1150 g/mol. The van der Waals surface area contributed by atoms with E-state index in [-0.39, 0.29) is 30.2 Å². The van der Waals surface area contributed by atoms with Crippen LogP contribution in [-0.4, -0.2) is 76.5 Å². The second-order valence-corrected chi connectivity index (χ2v) is 22.6. The summed E-state index contributed by atoms with van der Waals surface area (Å²) in [7, 11) is -17.1. The van der Waals surface area contributed by atoms with Crippen molar-refractivity contribution in [2.75, 3.05) is 42.4 Å². The third kappa shape index (κ3) is 18.0. The Hall–Kier alpha value is -8.16. The SMILES string of the molecule is C=C(/C=C\C(=C)OC)N=Nc1ccc2c(O)c(N)c(S(=O)(=O)O)cc2c1.Cc1cc(N)c(C)cc1N.Cc1cc(N=Nc2cc(C)c(N=Nc3ccc(S(=O)(=O)O)cc3S(=O)(=O)O)cc2OCCCS(=O)(=O)O)c(C)cc1N. The lowest BCUT2D eigenvalue weighted by atomic mass is 10.1. The fourth-order valence-corrected chi connectivity index (χ4v) is 8.76. The van der Waals surface area contributed by atoms with Gasteiger partial charge < -0.3 is 37.5 Å². The van der Waals surface area contributed by atoms with Gasteiger partial charge in [0.1, 0.15) is 38.4 Å². The van der Waals surface area contributed by atoms with Gasteiger partial charge in [0.2, 0.25) is 0 Å². The highest BCUT2D eigenvalue weighted by atomic mass is 32.2. The quantitative estimate of drug-likeness (QED) is 0.00779. The van der Waals surface area contributed by atoms with E-state index >= 15 is 0 Å². The molecule has 0 unspecified atom stereocenters. The van der Waals surface area contributed by atoms with Gasteiger partial charge in [0, 0.05) is 28.5 Å². The number of methoxy groups -OCH3 is 1. The topological polar surface area (TPSA) is 434 Å². The average Bonchev–Trinajstić information content (AvgIpc) is 3.35. The van der Waals surface area contributed by atoms with E-state index in [1.165, 1.54) is 31.4 Å². The molecular formula is C49H56N10O15S4. The van der Waals surface area contributed by atoms with Gasteiger partial charge >= 0.3 is 0 Å². The highest BCUT2D eigenvalue weighted by molar-refractivity contribution is 7.87. The standard InChI is InChI=1S/C24H27N5O10S3.C17H17N3O5S.C8H12N2/c1-14-10-20(15(2)9-18(14)25)27-29-22-11-16(3)21(13-23(22)39-7-4-8-40(30,31)32)28-26-19-6-5-17(41(33,34)35)12-24(19)42(36,37)38;1-10(4-5-11(2)25-3)19-20-13-6-7-14-12(8-13)9-15(26(22,23)24)16(18)17(14)21;1-5-3-8(10)6(2)4-7(5)9/h5-6,9-13H,4,7-8,25H2,1-3H3,(H,30,31,32)(H,33,34,35)(H,36,37,38);4-9,21H,1-2,18H2,3H3,(H,22,23,24);3-4H,9-10H2,1-2H3/b;5-4-,20-19?;. The van der Waals surface area contributed by atoms with Gasteiger partial charge in [-0.3, -0.25) is 18.2 Å². The highest BCUT2D eigenvalue weighted by Gasteiger charge is 2.22. The van der Waals surface area contributed by atoms with Gasteiger partial charge in [-0.2, -0.15) is 54.1 Å². The lowest BCUT2D eigenvalue weighted by Gasteiger charge is -2.11. The molecule has 0 amide bonds. The zero-order valence-electron chi connectivity index (χ0n) is 42.6. The molecule has 0 heterocycles. The molecule has 0 bridgehead atoms. The third-order valence-corrected chi connectivity index (χ3v) is 14.2. The van der Waals surface area contributed by atoms with Crippen molar-refractivity contribution in [3.63, 3.8) is 0 Å². The molecule has 0 radical (unpaired) electrons. The van der Waals surface area contributed by atoms with Crippen molar-refractivity contribution in [2.24, 2.45) is 30.7 Å². The van der Waals surface area contributed by atoms with Crippen molar-refractivity contribution >= 4 is 102 Å². The third-order valence-electron chi connectivity index (χ3n) is 10.8. The number of aromatic hydroxyl groups is 1. The monoisotopic (exact) mass is 1150 g/mol. The van der Waals surface area contributed by atoms with Gasteiger partial charge in [-0.15, -0.1) is 10.2 Å². The van der Waals surface area contributed by atoms with E-state index in [0.717, 1.165) is 51.8 Å². The second kappa shape index (κ2) is 25.8. The van der Waals surface area contributed by atoms with E-state index < -0.39 is 78.0 Å². The molecule has 6 rings (SSSR count). The first-order valence-electron chi connectivity index (χ1n) is 22.3. The Kier molecular flexibility index (Phi) is 20.6. The summed E-state index contributed by atoms with van der Waals surface area (Å²) in [6.45, 7) is 16.3. The number of rotatable bonds is 17. The summed E-state index contributed by atoms with van der Waals surface area (Å²) in [6, 6.07) is 18.2. The molecule has 25 nitrogen and oxygen atoms in total. The number of anilines is 4. The lowest BCUT2D eigenvalue weighted by molar-refractivity contribution is 0.309. The number of phenolic OH excluding ortho intramolecular Hbond substituents is 1. The molecule has 0 atom stereocenters. The Bertz CT molecular complexity index is 3850. The molecule has 0 aliphatic carbocycles. The Balaban J connectivity index is 0.000000306. The largest absolute Gasteiger partial charge is 0.505 e. The number of azo groups is 3. The van der Waals surface area contributed by atoms with E-state index in [4.69, 9.17) is 37.0 Å². The van der Waals surface area contributed by atoms with E-state index in [2.05, 4.69) is 43.8 Å².